The van der Waals surface area contributed by atoms with E-state index in [1.165, 1.54) is 12.3 Å². The summed E-state index contributed by atoms with van der Waals surface area (Å²) in [7, 11) is 0. The lowest BCUT2D eigenvalue weighted by Crippen LogP contribution is -2.14. The minimum atomic E-state index is -2.23. The van der Waals surface area contributed by atoms with Crippen molar-refractivity contribution in [2.24, 2.45) is 0 Å². The fourth-order valence-corrected chi connectivity index (χ4v) is 2.69. The van der Waals surface area contributed by atoms with Gasteiger partial charge in [-0.3, -0.25) is 9.48 Å². The van der Waals surface area contributed by atoms with Crippen molar-refractivity contribution in [3.05, 3.63) is 81.2 Å². The monoisotopic (exact) mass is 445 g/mol. The largest absolute Gasteiger partial charge is 0.305 e. The molecule has 3 rings (SSSR count). The smallest absolute Gasteiger partial charge is 0.256 e. The Balaban J connectivity index is 1.80. The molecule has 0 atom stereocenters. The molecule has 4 nitrogen and oxygen atoms in total. The van der Waals surface area contributed by atoms with E-state index in [2.05, 4.69) is 26.3 Å². The Kier molecular flexibility index (Phi) is 5.26. The van der Waals surface area contributed by atoms with Crippen molar-refractivity contribution >= 4 is 27.7 Å². The van der Waals surface area contributed by atoms with Crippen LogP contribution in [0.2, 0.25) is 0 Å². The molecule has 0 spiro atoms. The van der Waals surface area contributed by atoms with Crippen LogP contribution < -0.4 is 5.32 Å². The van der Waals surface area contributed by atoms with Crippen molar-refractivity contribution in [2.75, 3.05) is 5.32 Å². The van der Waals surface area contributed by atoms with E-state index in [9.17, 15) is 26.7 Å². The second-order valence-electron chi connectivity index (χ2n) is 5.41. The van der Waals surface area contributed by atoms with E-state index in [0.717, 1.165) is 4.68 Å². The normalized spacial score (nSPS) is 10.9. The zero-order valence-corrected chi connectivity index (χ0v) is 14.8. The maximum atomic E-state index is 13.7. The molecule has 0 aliphatic heterocycles. The first-order chi connectivity index (χ1) is 12.8. The van der Waals surface area contributed by atoms with Crippen LogP contribution in [0.5, 0.6) is 0 Å². The maximum Gasteiger partial charge on any atom is 0.256 e. The Morgan fingerprint density at radius 2 is 1.63 bits per heavy atom. The number of amides is 1. The highest BCUT2D eigenvalue weighted by molar-refractivity contribution is 9.10. The van der Waals surface area contributed by atoms with E-state index in [-0.39, 0.29) is 5.82 Å². The topological polar surface area (TPSA) is 46.9 Å². The number of carbonyl (C=O) groups is 1. The van der Waals surface area contributed by atoms with E-state index in [0.29, 0.717) is 10.0 Å². The zero-order valence-electron chi connectivity index (χ0n) is 13.2. The van der Waals surface area contributed by atoms with Crippen LogP contribution in [0.4, 0.5) is 27.8 Å². The van der Waals surface area contributed by atoms with Crippen LogP contribution in [0.3, 0.4) is 0 Å². The quantitative estimate of drug-likeness (QED) is 0.361. The van der Waals surface area contributed by atoms with Crippen molar-refractivity contribution < 1.29 is 26.7 Å². The molecule has 1 N–H and O–H groups in total. The van der Waals surface area contributed by atoms with E-state index in [1.807, 2.05) is 0 Å². The summed E-state index contributed by atoms with van der Waals surface area (Å²) in [4.78, 5) is 12.1. The third-order valence-corrected chi connectivity index (χ3v) is 4.08. The molecule has 0 unspecified atom stereocenters. The number of carbonyl (C=O) groups excluding carboxylic acids is 1. The van der Waals surface area contributed by atoms with Gasteiger partial charge in [0.25, 0.3) is 5.91 Å². The summed E-state index contributed by atoms with van der Waals surface area (Å²) in [6.45, 7) is -0.710. The highest BCUT2D eigenvalue weighted by atomic mass is 79.9. The molecule has 1 amide bonds. The summed E-state index contributed by atoms with van der Waals surface area (Å²) in [5, 5.41) is 6.32. The van der Waals surface area contributed by atoms with Gasteiger partial charge in [-0.15, -0.1) is 0 Å². The van der Waals surface area contributed by atoms with Gasteiger partial charge in [-0.25, -0.2) is 22.0 Å². The van der Waals surface area contributed by atoms with Crippen LogP contribution in [0.25, 0.3) is 0 Å². The number of benzene rings is 2. The molecule has 0 aliphatic carbocycles. The van der Waals surface area contributed by atoms with Crippen molar-refractivity contribution in [3.8, 4) is 0 Å². The summed E-state index contributed by atoms with van der Waals surface area (Å²) >= 11 is 3.23. The van der Waals surface area contributed by atoms with Gasteiger partial charge >= 0.3 is 0 Å². The van der Waals surface area contributed by atoms with Crippen molar-refractivity contribution in [1.29, 1.82) is 0 Å². The SMILES string of the molecule is O=C(Nc1ccn(Cc2c(F)c(F)c(F)c(F)c2F)n1)c1cccc(Br)c1. The summed E-state index contributed by atoms with van der Waals surface area (Å²) in [6.07, 6.45) is 1.23. The number of anilines is 1. The molecule has 3 aromatic rings. The van der Waals surface area contributed by atoms with E-state index < -0.39 is 47.1 Å². The van der Waals surface area contributed by atoms with Gasteiger partial charge in [-0.05, 0) is 18.2 Å². The molecule has 0 saturated heterocycles. The zero-order chi connectivity index (χ0) is 19.7. The third-order valence-electron chi connectivity index (χ3n) is 3.59. The number of nitrogens with zero attached hydrogens (tertiary/aromatic N) is 2. The van der Waals surface area contributed by atoms with Gasteiger partial charge in [-0.2, -0.15) is 5.10 Å². The number of rotatable bonds is 4. The first-order valence-corrected chi connectivity index (χ1v) is 8.18. The van der Waals surface area contributed by atoms with Gasteiger partial charge in [0.2, 0.25) is 5.82 Å². The number of nitrogens with one attached hydrogen (secondary N) is 1. The van der Waals surface area contributed by atoms with E-state index in [1.54, 1.807) is 24.3 Å². The molecular formula is C17H9BrF5N3O. The third kappa shape index (κ3) is 3.85. The minimum Gasteiger partial charge on any atom is -0.305 e. The lowest BCUT2D eigenvalue weighted by molar-refractivity contribution is 0.102. The molecule has 2 aromatic carbocycles. The predicted molar refractivity (Wildman–Crippen MR) is 89.7 cm³/mol. The van der Waals surface area contributed by atoms with Gasteiger partial charge in [-0.1, -0.05) is 22.0 Å². The second-order valence-corrected chi connectivity index (χ2v) is 6.33. The van der Waals surface area contributed by atoms with Gasteiger partial charge < -0.3 is 5.32 Å². The Morgan fingerprint density at radius 1 is 1.00 bits per heavy atom. The number of aromatic nitrogens is 2. The van der Waals surface area contributed by atoms with Gasteiger partial charge in [0.05, 0.1) is 12.1 Å². The van der Waals surface area contributed by atoms with Gasteiger partial charge in [0, 0.05) is 22.3 Å². The Hall–Kier alpha value is -2.75. The van der Waals surface area contributed by atoms with Crippen LogP contribution in [0, 0.1) is 29.1 Å². The molecule has 140 valence electrons. The van der Waals surface area contributed by atoms with E-state index in [4.69, 9.17) is 0 Å². The Morgan fingerprint density at radius 3 is 2.26 bits per heavy atom. The first kappa shape index (κ1) is 19.0. The van der Waals surface area contributed by atoms with Crippen molar-refractivity contribution in [1.82, 2.24) is 9.78 Å². The van der Waals surface area contributed by atoms with Crippen molar-refractivity contribution in [3.63, 3.8) is 0 Å². The summed E-state index contributed by atoms with van der Waals surface area (Å²) in [6, 6.07) is 7.84. The fraction of sp³-hybridized carbons (Fsp3) is 0.0588. The molecule has 1 heterocycles. The number of hydrogen-bond donors (Lipinski definition) is 1. The second kappa shape index (κ2) is 7.47. The van der Waals surface area contributed by atoms with Crippen LogP contribution in [-0.4, -0.2) is 15.7 Å². The summed E-state index contributed by atoms with van der Waals surface area (Å²) in [5.74, 6) is -10.6. The standard InChI is InChI=1S/C17H9BrF5N3O/c18-9-3-1-2-8(6-9)17(27)24-11-4-5-26(25-11)7-10-12(19)14(21)16(23)15(22)13(10)20/h1-6H,7H2,(H,24,25,27). The van der Waals surface area contributed by atoms with Gasteiger partial charge in [0.1, 0.15) is 0 Å². The summed E-state index contributed by atoms with van der Waals surface area (Å²) in [5.41, 5.74) is -0.696. The predicted octanol–water partition coefficient (Wildman–Crippen LogP) is 4.64. The molecule has 0 aliphatic rings. The van der Waals surface area contributed by atoms with Crippen LogP contribution in [0.1, 0.15) is 15.9 Å². The molecule has 1 aromatic heterocycles. The molecule has 27 heavy (non-hydrogen) atoms. The molecular weight excluding hydrogens is 437 g/mol. The minimum absolute atomic E-state index is 0.0452. The lowest BCUT2D eigenvalue weighted by atomic mass is 10.1. The van der Waals surface area contributed by atoms with Crippen LogP contribution in [-0.2, 0) is 6.54 Å². The maximum absolute atomic E-state index is 13.7. The Labute approximate surface area is 157 Å². The first-order valence-electron chi connectivity index (χ1n) is 7.38. The molecule has 0 radical (unpaired) electrons. The highest BCUT2D eigenvalue weighted by Crippen LogP contribution is 2.24. The average molecular weight is 446 g/mol. The Bertz CT molecular complexity index is 1010. The number of hydrogen-bond acceptors (Lipinski definition) is 2. The fourth-order valence-electron chi connectivity index (χ4n) is 2.29. The van der Waals surface area contributed by atoms with Gasteiger partial charge in [0.15, 0.2) is 29.1 Å². The average Bonchev–Trinajstić information content (AvgIpc) is 3.09. The van der Waals surface area contributed by atoms with Crippen molar-refractivity contribution in [2.45, 2.75) is 6.54 Å². The van der Waals surface area contributed by atoms with Crippen LogP contribution in [0.15, 0.2) is 41.0 Å². The highest BCUT2D eigenvalue weighted by Gasteiger charge is 2.25. The molecule has 0 saturated carbocycles. The molecule has 0 fully saturated rings. The summed E-state index contributed by atoms with van der Waals surface area (Å²) < 4.78 is 68.7. The van der Waals surface area contributed by atoms with Crippen LogP contribution >= 0.6 is 15.9 Å². The van der Waals surface area contributed by atoms with E-state index >= 15 is 0 Å². The molecule has 0 bridgehead atoms. The number of halogens is 6. The molecule has 10 heteroatoms. The lowest BCUT2D eigenvalue weighted by Gasteiger charge is -2.08.